The molecule has 3 heterocycles. The van der Waals surface area contributed by atoms with Gasteiger partial charge in [0, 0.05) is 38.3 Å². The molecule has 0 radical (unpaired) electrons. The highest BCUT2D eigenvalue weighted by Gasteiger charge is 2.41. The van der Waals surface area contributed by atoms with Crippen LogP contribution in [0.3, 0.4) is 0 Å². The Hall–Kier alpha value is -2.55. The van der Waals surface area contributed by atoms with E-state index >= 15 is 0 Å². The number of hydrogen-bond acceptors (Lipinski definition) is 1. The highest BCUT2D eigenvalue weighted by molar-refractivity contribution is 6.02. The average molecular weight is 418 g/mol. The number of pyridine rings is 1. The quantitative estimate of drug-likeness (QED) is 0.361. The van der Waals surface area contributed by atoms with Gasteiger partial charge in [0.05, 0.1) is 5.52 Å². The standard InChI is InChI=1S/C26H29N3.C2H6.2H2/c1-17-11-19-13-22(15-21(17)12-18-5-3-2-4-6-18)24(14-19)29-10-8-20-16-28-26-23(25(20)29)7-9-27-26;1-2;;/h2-10,16-17,19,21-22,24H,11-15H2,1H3,(H,27,28);1-2H3;2*1H/t17?,19-,21?,22?,24-;;;/m1.../s1. The summed E-state index contributed by atoms with van der Waals surface area (Å²) in [6.45, 7) is 6.50. The zero-order chi connectivity index (χ0) is 21.4. The van der Waals surface area contributed by atoms with Crippen LogP contribution in [0, 0.1) is 23.7 Å². The van der Waals surface area contributed by atoms with Crippen molar-refractivity contribution in [3.8, 4) is 0 Å². The van der Waals surface area contributed by atoms with Crippen molar-refractivity contribution in [3.63, 3.8) is 0 Å². The van der Waals surface area contributed by atoms with Crippen molar-refractivity contribution in [2.75, 3.05) is 0 Å². The summed E-state index contributed by atoms with van der Waals surface area (Å²) in [5, 5.41) is 2.53. The molecular formula is C28H39N3. The van der Waals surface area contributed by atoms with Crippen LogP contribution >= 0.6 is 0 Å². The Morgan fingerprint density at radius 1 is 1.03 bits per heavy atom. The van der Waals surface area contributed by atoms with Gasteiger partial charge >= 0.3 is 0 Å². The van der Waals surface area contributed by atoms with Gasteiger partial charge in [-0.1, -0.05) is 51.1 Å². The van der Waals surface area contributed by atoms with Crippen molar-refractivity contribution in [3.05, 3.63) is 66.6 Å². The maximum Gasteiger partial charge on any atom is 0.139 e. The van der Waals surface area contributed by atoms with E-state index in [9.17, 15) is 0 Å². The Kier molecular flexibility index (Phi) is 5.60. The molecule has 1 aromatic carbocycles. The van der Waals surface area contributed by atoms with E-state index < -0.39 is 0 Å². The second-order valence-corrected chi connectivity index (χ2v) is 9.59. The number of aromatic amines is 1. The van der Waals surface area contributed by atoms with Crippen molar-refractivity contribution >= 4 is 21.9 Å². The number of hydrogen-bond donors (Lipinski definition) is 1. The monoisotopic (exact) mass is 417 g/mol. The number of benzene rings is 1. The predicted molar refractivity (Wildman–Crippen MR) is 134 cm³/mol. The predicted octanol–water partition coefficient (Wildman–Crippen LogP) is 7.89. The first-order valence-electron chi connectivity index (χ1n) is 12.2. The molecule has 6 rings (SSSR count). The van der Waals surface area contributed by atoms with Gasteiger partial charge in [-0.05, 0) is 73.5 Å². The molecule has 2 aliphatic rings. The van der Waals surface area contributed by atoms with Gasteiger partial charge in [0.25, 0.3) is 0 Å². The minimum Gasteiger partial charge on any atom is -0.346 e. The molecule has 2 saturated carbocycles. The summed E-state index contributed by atoms with van der Waals surface area (Å²) in [6, 6.07) is 16.2. The van der Waals surface area contributed by atoms with E-state index in [4.69, 9.17) is 0 Å². The highest BCUT2D eigenvalue weighted by Crippen LogP contribution is 2.51. The van der Waals surface area contributed by atoms with Crippen molar-refractivity contribution in [1.82, 2.24) is 14.5 Å². The van der Waals surface area contributed by atoms with Crippen LogP contribution in [-0.2, 0) is 6.42 Å². The van der Waals surface area contributed by atoms with E-state index in [-0.39, 0.29) is 2.85 Å². The molecule has 4 aromatic rings. The molecule has 2 aliphatic carbocycles. The van der Waals surface area contributed by atoms with Gasteiger partial charge in [0.15, 0.2) is 0 Å². The Labute approximate surface area is 188 Å². The Balaban J connectivity index is 0.000000747. The largest absolute Gasteiger partial charge is 0.346 e. The van der Waals surface area contributed by atoms with Crippen molar-refractivity contribution in [2.24, 2.45) is 23.7 Å². The van der Waals surface area contributed by atoms with Crippen LogP contribution in [-0.4, -0.2) is 14.5 Å². The minimum atomic E-state index is 0. The summed E-state index contributed by atoms with van der Waals surface area (Å²) >= 11 is 0. The smallest absolute Gasteiger partial charge is 0.139 e. The maximum absolute atomic E-state index is 4.59. The second kappa shape index (κ2) is 8.53. The van der Waals surface area contributed by atoms with E-state index in [1.807, 2.05) is 26.2 Å². The molecule has 2 fully saturated rings. The molecule has 166 valence electrons. The van der Waals surface area contributed by atoms with Gasteiger partial charge < -0.3 is 9.55 Å². The van der Waals surface area contributed by atoms with Gasteiger partial charge in [0.2, 0.25) is 0 Å². The van der Waals surface area contributed by atoms with Crippen molar-refractivity contribution in [2.45, 2.75) is 58.9 Å². The molecule has 0 amide bonds. The zero-order valence-corrected chi connectivity index (χ0v) is 19.1. The number of H-pyrrole nitrogens is 1. The lowest BCUT2D eigenvalue weighted by Crippen LogP contribution is -2.23. The normalized spacial score (nSPS) is 27.8. The molecule has 1 N–H and O–H groups in total. The van der Waals surface area contributed by atoms with Crippen LogP contribution in [0.15, 0.2) is 61.1 Å². The first-order valence-corrected chi connectivity index (χ1v) is 12.2. The van der Waals surface area contributed by atoms with Crippen molar-refractivity contribution < 1.29 is 2.85 Å². The third kappa shape index (κ3) is 3.69. The number of nitrogens with one attached hydrogen (secondary N) is 1. The average Bonchev–Trinajstić information content (AvgIpc) is 3.50. The fourth-order valence-corrected chi connectivity index (χ4v) is 6.47. The summed E-state index contributed by atoms with van der Waals surface area (Å²) < 4.78 is 2.60. The fourth-order valence-electron chi connectivity index (χ4n) is 6.47. The molecule has 5 atom stereocenters. The summed E-state index contributed by atoms with van der Waals surface area (Å²) in [4.78, 5) is 7.88. The van der Waals surface area contributed by atoms with Gasteiger partial charge in [0.1, 0.15) is 5.65 Å². The Bertz CT molecular complexity index is 1150. The number of nitrogens with zero attached hydrogens (tertiary/aromatic N) is 2. The van der Waals surface area contributed by atoms with Crippen LogP contribution in [0.5, 0.6) is 0 Å². The lowest BCUT2D eigenvalue weighted by molar-refractivity contribution is 0.233. The molecule has 0 saturated heterocycles. The van der Waals surface area contributed by atoms with Gasteiger partial charge in [-0.3, -0.25) is 0 Å². The molecule has 3 nitrogen and oxygen atoms in total. The van der Waals surface area contributed by atoms with Gasteiger partial charge in [-0.25, -0.2) is 4.98 Å². The first kappa shape index (κ1) is 20.4. The van der Waals surface area contributed by atoms with E-state index in [1.165, 1.54) is 54.0 Å². The van der Waals surface area contributed by atoms with Crippen LogP contribution in [0.25, 0.3) is 21.9 Å². The van der Waals surface area contributed by atoms with Crippen LogP contribution in [0.4, 0.5) is 0 Å². The fraction of sp³-hybridized carbons (Fsp3) is 0.464. The van der Waals surface area contributed by atoms with Gasteiger partial charge in [-0.2, -0.15) is 0 Å². The summed E-state index contributed by atoms with van der Waals surface area (Å²) in [6.07, 6.45) is 13.1. The molecular weight excluding hydrogens is 378 g/mol. The molecule has 0 aliphatic heterocycles. The van der Waals surface area contributed by atoms with E-state index in [1.54, 1.807) is 0 Å². The minimum absolute atomic E-state index is 0. The highest BCUT2D eigenvalue weighted by atomic mass is 15.0. The van der Waals surface area contributed by atoms with Gasteiger partial charge in [-0.15, -0.1) is 0 Å². The van der Waals surface area contributed by atoms with E-state index in [2.05, 4.69) is 70.1 Å². The molecule has 3 unspecified atom stereocenters. The summed E-state index contributed by atoms with van der Waals surface area (Å²) in [5.41, 5.74) is 3.89. The molecule has 31 heavy (non-hydrogen) atoms. The third-order valence-corrected chi connectivity index (χ3v) is 7.83. The molecule has 2 bridgehead atoms. The van der Waals surface area contributed by atoms with E-state index in [0.29, 0.717) is 6.04 Å². The summed E-state index contributed by atoms with van der Waals surface area (Å²) in [7, 11) is 0. The van der Waals surface area contributed by atoms with Crippen LogP contribution < -0.4 is 0 Å². The number of aromatic nitrogens is 3. The topological polar surface area (TPSA) is 33.6 Å². The van der Waals surface area contributed by atoms with Crippen molar-refractivity contribution in [1.29, 1.82) is 0 Å². The Morgan fingerprint density at radius 3 is 2.71 bits per heavy atom. The first-order chi connectivity index (χ1) is 15.3. The van der Waals surface area contributed by atoms with Crippen LogP contribution in [0.2, 0.25) is 0 Å². The van der Waals surface area contributed by atoms with E-state index in [0.717, 1.165) is 29.3 Å². The van der Waals surface area contributed by atoms with Crippen LogP contribution in [0.1, 0.15) is 60.9 Å². The maximum atomic E-state index is 4.59. The molecule has 3 heteroatoms. The third-order valence-electron chi connectivity index (χ3n) is 7.83. The lowest BCUT2D eigenvalue weighted by Gasteiger charge is -2.31. The Morgan fingerprint density at radius 2 is 1.87 bits per heavy atom. The SMILES string of the molecule is CC.CC1C[C@@H]2CC(CC1Cc1ccccc1)[C@H](n1ccc3cnc4[nH]ccc4c31)C2.[HH].[HH]. The second-order valence-electron chi connectivity index (χ2n) is 9.59. The number of rotatable bonds is 3. The molecule has 0 spiro atoms. The zero-order valence-electron chi connectivity index (χ0n) is 19.1. The lowest BCUT2D eigenvalue weighted by atomic mass is 9.78. The summed E-state index contributed by atoms with van der Waals surface area (Å²) in [5.74, 6) is 3.29. The molecule has 3 aromatic heterocycles. The number of fused-ring (bicyclic) bond motifs is 5.